The monoisotopic (exact) mass is 288 g/mol. The van der Waals surface area contributed by atoms with Gasteiger partial charge in [-0.3, -0.25) is 4.79 Å². The number of carbonyl (C=O) groups is 2. The Morgan fingerprint density at radius 1 is 1.42 bits per heavy atom. The van der Waals surface area contributed by atoms with Crippen LogP contribution in [0, 0.1) is 0 Å². The fraction of sp³-hybridized carbons (Fsp3) is 0.846. The fourth-order valence-electron chi connectivity index (χ4n) is 2.26. The molecule has 19 heavy (non-hydrogen) atoms. The number of carboxylic acid groups (broad SMARTS) is 1. The van der Waals surface area contributed by atoms with Crippen LogP contribution in [0.15, 0.2) is 0 Å². The van der Waals surface area contributed by atoms with Crippen molar-refractivity contribution < 1.29 is 14.7 Å². The van der Waals surface area contributed by atoms with Crippen LogP contribution in [0.3, 0.4) is 0 Å². The summed E-state index contributed by atoms with van der Waals surface area (Å²) in [4.78, 5) is 25.1. The molecule has 3 atom stereocenters. The van der Waals surface area contributed by atoms with E-state index >= 15 is 0 Å². The highest BCUT2D eigenvalue weighted by atomic mass is 32.2. The Kier molecular flexibility index (Phi) is 6.65. The largest absolute Gasteiger partial charge is 0.480 e. The molecule has 0 radical (unpaired) electrons. The van der Waals surface area contributed by atoms with Crippen LogP contribution in [0.4, 0.5) is 0 Å². The molecule has 1 fully saturated rings. The van der Waals surface area contributed by atoms with Crippen molar-refractivity contribution in [1.82, 2.24) is 4.90 Å². The number of nitrogens with two attached hydrogens (primary N) is 1. The highest BCUT2D eigenvalue weighted by Crippen LogP contribution is 2.32. The zero-order valence-electron chi connectivity index (χ0n) is 11.7. The molecule has 3 N–H and O–H groups in total. The van der Waals surface area contributed by atoms with Gasteiger partial charge in [0.1, 0.15) is 6.04 Å². The van der Waals surface area contributed by atoms with Gasteiger partial charge in [-0.15, -0.1) is 11.8 Å². The van der Waals surface area contributed by atoms with E-state index in [4.69, 9.17) is 5.73 Å². The zero-order valence-corrected chi connectivity index (χ0v) is 12.5. The molecule has 2 unspecified atom stereocenters. The topological polar surface area (TPSA) is 83.6 Å². The summed E-state index contributed by atoms with van der Waals surface area (Å²) < 4.78 is 0. The first-order chi connectivity index (χ1) is 9.02. The van der Waals surface area contributed by atoms with Crippen molar-refractivity contribution in [3.05, 3.63) is 0 Å². The summed E-state index contributed by atoms with van der Waals surface area (Å²) in [5, 5.41) is 9.19. The molecule has 1 amide bonds. The third kappa shape index (κ3) is 4.11. The molecule has 0 saturated carbocycles. The van der Waals surface area contributed by atoms with E-state index in [1.807, 2.05) is 13.8 Å². The van der Waals surface area contributed by atoms with Gasteiger partial charge < -0.3 is 15.7 Å². The molecule has 0 spiro atoms. The normalized spacial score (nSPS) is 24.5. The third-order valence-corrected chi connectivity index (χ3v) is 4.71. The van der Waals surface area contributed by atoms with Gasteiger partial charge in [0.05, 0.1) is 11.4 Å². The molecule has 1 aliphatic heterocycles. The Morgan fingerprint density at radius 2 is 2.11 bits per heavy atom. The Bertz CT molecular complexity index is 325. The lowest BCUT2D eigenvalue weighted by atomic mass is 10.1. The van der Waals surface area contributed by atoms with Crippen molar-refractivity contribution in [2.75, 3.05) is 5.75 Å². The van der Waals surface area contributed by atoms with Crippen molar-refractivity contribution in [1.29, 1.82) is 0 Å². The van der Waals surface area contributed by atoms with Gasteiger partial charge in [-0.05, 0) is 12.8 Å². The average Bonchev–Trinajstić information content (AvgIpc) is 2.79. The van der Waals surface area contributed by atoms with Gasteiger partial charge in [-0.1, -0.05) is 33.1 Å². The summed E-state index contributed by atoms with van der Waals surface area (Å²) in [6.45, 7) is 4.08. The van der Waals surface area contributed by atoms with Gasteiger partial charge in [0.15, 0.2) is 0 Å². The van der Waals surface area contributed by atoms with Crippen LogP contribution < -0.4 is 5.73 Å². The predicted octanol–water partition coefficient (Wildman–Crippen LogP) is 1.66. The van der Waals surface area contributed by atoms with E-state index in [1.165, 1.54) is 4.90 Å². The number of aliphatic carboxylic acids is 1. The third-order valence-electron chi connectivity index (χ3n) is 3.35. The highest BCUT2D eigenvalue weighted by Gasteiger charge is 2.42. The molecule has 0 aliphatic carbocycles. The number of carbonyl (C=O) groups excluding carboxylic acids is 1. The van der Waals surface area contributed by atoms with E-state index in [0.717, 1.165) is 25.7 Å². The highest BCUT2D eigenvalue weighted by molar-refractivity contribution is 8.00. The molecule has 0 aromatic rings. The lowest BCUT2D eigenvalue weighted by molar-refractivity contribution is -0.149. The molecule has 1 rings (SSSR count). The van der Waals surface area contributed by atoms with Crippen LogP contribution in [0.5, 0.6) is 0 Å². The smallest absolute Gasteiger partial charge is 0.327 e. The molecule has 0 bridgehead atoms. The van der Waals surface area contributed by atoms with Crippen LogP contribution in [-0.2, 0) is 9.59 Å². The fourth-order valence-corrected chi connectivity index (χ4v) is 3.78. The summed E-state index contributed by atoms with van der Waals surface area (Å²) in [5.41, 5.74) is 5.91. The van der Waals surface area contributed by atoms with Crippen LogP contribution in [0.2, 0.25) is 0 Å². The maximum atomic E-state index is 12.4. The van der Waals surface area contributed by atoms with Crippen LogP contribution in [-0.4, -0.2) is 45.1 Å². The maximum absolute atomic E-state index is 12.4. The van der Waals surface area contributed by atoms with Gasteiger partial charge in [-0.2, -0.15) is 0 Å². The lowest BCUT2D eigenvalue weighted by Crippen LogP contribution is -2.52. The molecule has 0 aromatic heterocycles. The van der Waals surface area contributed by atoms with E-state index < -0.39 is 18.1 Å². The van der Waals surface area contributed by atoms with Crippen LogP contribution >= 0.6 is 11.8 Å². The number of rotatable bonds is 7. The summed E-state index contributed by atoms with van der Waals surface area (Å²) >= 11 is 1.55. The first-order valence-electron chi connectivity index (χ1n) is 6.95. The Balaban J connectivity index is 2.76. The number of unbranched alkanes of at least 4 members (excludes halogenated alkanes) is 1. The van der Waals surface area contributed by atoms with E-state index in [0.29, 0.717) is 12.2 Å². The summed E-state index contributed by atoms with van der Waals surface area (Å²) in [6, 6.07) is -1.29. The van der Waals surface area contributed by atoms with Crippen molar-refractivity contribution in [2.24, 2.45) is 5.73 Å². The maximum Gasteiger partial charge on any atom is 0.327 e. The minimum absolute atomic E-state index is 0.0359. The molecule has 110 valence electrons. The molecular weight excluding hydrogens is 264 g/mol. The molecule has 0 aromatic carbocycles. The lowest BCUT2D eigenvalue weighted by Gasteiger charge is -2.29. The second-order valence-corrected chi connectivity index (χ2v) is 6.14. The summed E-state index contributed by atoms with van der Waals surface area (Å²) in [5.74, 6) is -0.668. The van der Waals surface area contributed by atoms with Gasteiger partial charge >= 0.3 is 5.97 Å². The summed E-state index contributed by atoms with van der Waals surface area (Å²) in [6.07, 6.45) is 4.25. The van der Waals surface area contributed by atoms with Crippen molar-refractivity contribution >= 4 is 23.6 Å². The Morgan fingerprint density at radius 3 is 2.63 bits per heavy atom. The van der Waals surface area contributed by atoms with E-state index in [1.54, 1.807) is 11.8 Å². The first-order valence-corrected chi connectivity index (χ1v) is 7.99. The SMILES string of the molecule is CCCC[C@H](N)C(=O)N1C(CCC)SCC1C(=O)O. The number of hydrogen-bond donors (Lipinski definition) is 2. The number of nitrogens with zero attached hydrogens (tertiary/aromatic N) is 1. The number of amides is 1. The minimum atomic E-state index is -0.929. The number of thioether (sulfide) groups is 1. The van der Waals surface area contributed by atoms with Crippen molar-refractivity contribution in [3.63, 3.8) is 0 Å². The van der Waals surface area contributed by atoms with Crippen LogP contribution in [0.1, 0.15) is 46.0 Å². The molecule has 5 nitrogen and oxygen atoms in total. The first kappa shape index (κ1) is 16.3. The molecule has 1 aliphatic rings. The van der Waals surface area contributed by atoms with E-state index in [-0.39, 0.29) is 11.3 Å². The second kappa shape index (κ2) is 7.75. The zero-order chi connectivity index (χ0) is 14.4. The van der Waals surface area contributed by atoms with Crippen LogP contribution in [0.25, 0.3) is 0 Å². The van der Waals surface area contributed by atoms with Gasteiger partial charge in [0, 0.05) is 5.75 Å². The Labute approximate surface area is 118 Å². The molecule has 6 heteroatoms. The van der Waals surface area contributed by atoms with E-state index in [9.17, 15) is 14.7 Å². The minimum Gasteiger partial charge on any atom is -0.480 e. The van der Waals surface area contributed by atoms with Gasteiger partial charge in [0.25, 0.3) is 0 Å². The quantitative estimate of drug-likeness (QED) is 0.744. The molecular formula is C13H24N2O3S. The van der Waals surface area contributed by atoms with Gasteiger partial charge in [-0.25, -0.2) is 4.79 Å². The summed E-state index contributed by atoms with van der Waals surface area (Å²) in [7, 11) is 0. The number of hydrogen-bond acceptors (Lipinski definition) is 4. The number of carboxylic acids is 1. The average molecular weight is 288 g/mol. The molecule has 1 saturated heterocycles. The molecule has 1 heterocycles. The van der Waals surface area contributed by atoms with E-state index in [2.05, 4.69) is 0 Å². The van der Waals surface area contributed by atoms with Gasteiger partial charge in [0.2, 0.25) is 5.91 Å². The van der Waals surface area contributed by atoms with Crippen molar-refractivity contribution in [3.8, 4) is 0 Å². The van der Waals surface area contributed by atoms with Crippen molar-refractivity contribution in [2.45, 2.75) is 63.4 Å². The standard InChI is InChI=1S/C13H24N2O3S/c1-3-5-7-9(14)12(16)15-10(13(17)18)8-19-11(15)6-4-2/h9-11H,3-8,14H2,1-2H3,(H,17,18)/t9-,10?,11?/m0/s1. The second-order valence-electron chi connectivity index (χ2n) is 4.92. The Hall–Kier alpha value is -0.750. The predicted molar refractivity (Wildman–Crippen MR) is 76.9 cm³/mol.